The molecule has 1 aliphatic carbocycles. The number of aliphatic hydroxyl groups is 1. The summed E-state index contributed by atoms with van der Waals surface area (Å²) < 4.78 is 39.9. The number of nitrogens with one attached hydrogen (secondary N) is 3. The van der Waals surface area contributed by atoms with Gasteiger partial charge in [0.2, 0.25) is 11.8 Å². The summed E-state index contributed by atoms with van der Waals surface area (Å²) in [6.45, 7) is 6.22. The molecule has 1 saturated carbocycles. The average molecular weight is 542 g/mol. The largest absolute Gasteiger partial charge is 1.00 e. The number of rotatable bonds is 12. The van der Waals surface area contributed by atoms with Crippen molar-refractivity contribution in [2.45, 2.75) is 102 Å². The van der Waals surface area contributed by atoms with Crippen LogP contribution in [0, 0.1) is 17.8 Å². The van der Waals surface area contributed by atoms with Crippen LogP contribution in [-0.4, -0.2) is 66.2 Å². The molecule has 0 bridgehead atoms. The number of hydrogen-bond donors (Lipinski definition) is 4. The van der Waals surface area contributed by atoms with Crippen LogP contribution in [0.3, 0.4) is 0 Å². The van der Waals surface area contributed by atoms with Crippen molar-refractivity contribution in [3.63, 3.8) is 0 Å². The van der Waals surface area contributed by atoms with Gasteiger partial charge in [-0.1, -0.05) is 33.6 Å². The van der Waals surface area contributed by atoms with Crippen LogP contribution in [0.4, 0.5) is 4.79 Å². The molecule has 2 aliphatic rings. The van der Waals surface area contributed by atoms with Gasteiger partial charge in [-0.3, -0.25) is 9.59 Å². The molecule has 3 amide bonds. The zero-order valence-corrected chi connectivity index (χ0v) is 24.6. The molecule has 36 heavy (non-hydrogen) atoms. The topological polar surface area (TPSA) is 174 Å². The van der Waals surface area contributed by atoms with E-state index in [1.165, 1.54) is 0 Å². The van der Waals surface area contributed by atoms with Gasteiger partial charge < -0.3 is 30.3 Å². The van der Waals surface area contributed by atoms with Gasteiger partial charge in [0.1, 0.15) is 22.3 Å². The Labute approximate surface area is 236 Å². The minimum Gasteiger partial charge on any atom is -0.746 e. The third kappa shape index (κ3) is 10.8. The molecule has 1 unspecified atom stereocenters. The number of hydrogen-bond acceptors (Lipinski definition) is 8. The standard InChI is InChI=1S/C23H41N3O8S.Na/c1-4-5-15-6-8-17(9-7-15)34-23(30)26-18(12-14(2)3)21(28)25-19(22(29)35(31,32)33)13-16-10-11-24-20(16)27;/h14-19,22,29H,4-13H2,1-3H3,(H,24,27)(H,25,28)(H,26,30)(H,31,32,33);/q;+1/p-1/t15?,16-,17?,18+,19+,22?;/m1./s1. The summed E-state index contributed by atoms with van der Waals surface area (Å²) >= 11 is 0. The first-order chi connectivity index (χ1) is 16.4. The number of ether oxygens (including phenoxy) is 1. The summed E-state index contributed by atoms with van der Waals surface area (Å²) in [6.07, 6.45) is 5.19. The molecular weight excluding hydrogens is 501 g/mol. The predicted octanol–water partition coefficient (Wildman–Crippen LogP) is -1.64. The van der Waals surface area contributed by atoms with Crippen LogP contribution < -0.4 is 45.5 Å². The van der Waals surface area contributed by atoms with Gasteiger partial charge in [0.25, 0.3) is 0 Å². The fourth-order valence-corrected chi connectivity index (χ4v) is 5.47. The van der Waals surface area contributed by atoms with Crippen LogP contribution in [0.5, 0.6) is 0 Å². The molecule has 11 nitrogen and oxygen atoms in total. The van der Waals surface area contributed by atoms with E-state index in [0.29, 0.717) is 18.9 Å². The number of carbonyl (C=O) groups excluding carboxylic acids is 3. The third-order valence-electron chi connectivity index (χ3n) is 6.75. The molecule has 202 valence electrons. The summed E-state index contributed by atoms with van der Waals surface area (Å²) in [5.74, 6) is -1.11. The molecule has 1 heterocycles. The Morgan fingerprint density at radius 3 is 2.31 bits per heavy atom. The Morgan fingerprint density at radius 2 is 1.81 bits per heavy atom. The first-order valence-electron chi connectivity index (χ1n) is 12.6. The molecule has 1 saturated heterocycles. The summed E-state index contributed by atoms with van der Waals surface area (Å²) in [6, 6.07) is -2.57. The van der Waals surface area contributed by atoms with E-state index >= 15 is 0 Å². The molecule has 4 atom stereocenters. The van der Waals surface area contributed by atoms with Gasteiger partial charge in [-0.15, -0.1) is 0 Å². The normalized spacial score (nSPS) is 24.7. The molecule has 0 radical (unpaired) electrons. The maximum atomic E-state index is 13.0. The van der Waals surface area contributed by atoms with Crippen molar-refractivity contribution >= 4 is 28.0 Å². The molecule has 0 spiro atoms. The summed E-state index contributed by atoms with van der Waals surface area (Å²) in [5.41, 5.74) is -2.43. The summed E-state index contributed by atoms with van der Waals surface area (Å²) in [7, 11) is -5.16. The Hall–Kier alpha value is -0.920. The second-order valence-corrected chi connectivity index (χ2v) is 11.6. The number of alkyl carbamates (subject to hydrolysis) is 1. The summed E-state index contributed by atoms with van der Waals surface area (Å²) in [5, 5.41) is 17.6. The molecule has 4 N–H and O–H groups in total. The first kappa shape index (κ1) is 33.1. The van der Waals surface area contributed by atoms with E-state index in [0.717, 1.165) is 38.5 Å². The predicted molar refractivity (Wildman–Crippen MR) is 127 cm³/mol. The molecule has 0 aromatic heterocycles. The van der Waals surface area contributed by atoms with Crippen molar-refractivity contribution in [2.75, 3.05) is 6.54 Å². The minimum atomic E-state index is -5.16. The SMILES string of the molecule is CCCC1CCC(OC(=O)N[C@@H](CC(C)C)C(=O)N[C@@H](C[C@H]2CCNC2=O)C(O)S(=O)(=O)[O-])CC1.[Na+]. The number of amides is 3. The van der Waals surface area contributed by atoms with Crippen LogP contribution in [0.25, 0.3) is 0 Å². The van der Waals surface area contributed by atoms with Crippen molar-refractivity contribution in [1.29, 1.82) is 0 Å². The Kier molecular flexibility index (Phi) is 14.2. The summed E-state index contributed by atoms with van der Waals surface area (Å²) in [4.78, 5) is 37.5. The molecular formula is C23H40N3NaO8S. The quantitative estimate of drug-likeness (QED) is 0.168. The molecule has 0 aromatic carbocycles. The Bertz CT molecular complexity index is 833. The first-order valence-corrected chi connectivity index (χ1v) is 14.1. The van der Waals surface area contributed by atoms with Crippen LogP contribution in [0.2, 0.25) is 0 Å². The maximum absolute atomic E-state index is 13.0. The van der Waals surface area contributed by atoms with E-state index in [9.17, 15) is 32.5 Å². The minimum absolute atomic E-state index is 0. The number of carbonyl (C=O) groups is 3. The van der Waals surface area contributed by atoms with Gasteiger partial charge in [-0.2, -0.15) is 0 Å². The van der Waals surface area contributed by atoms with Gasteiger partial charge in [0, 0.05) is 12.5 Å². The fraction of sp³-hybridized carbons (Fsp3) is 0.870. The van der Waals surface area contributed by atoms with Crippen LogP contribution in [0.1, 0.15) is 78.6 Å². The molecule has 2 fully saturated rings. The third-order valence-corrected chi connectivity index (χ3v) is 7.67. The van der Waals surface area contributed by atoms with E-state index in [1.807, 2.05) is 13.8 Å². The molecule has 1 aliphatic heterocycles. The fourth-order valence-electron chi connectivity index (χ4n) is 4.88. The Morgan fingerprint density at radius 1 is 1.17 bits per heavy atom. The van der Waals surface area contributed by atoms with E-state index in [2.05, 4.69) is 22.9 Å². The molecule has 13 heteroatoms. The van der Waals surface area contributed by atoms with Gasteiger partial charge in [0.05, 0.1) is 6.04 Å². The van der Waals surface area contributed by atoms with E-state index < -0.39 is 45.6 Å². The van der Waals surface area contributed by atoms with Crippen LogP contribution in [-0.2, 0) is 24.4 Å². The van der Waals surface area contributed by atoms with Gasteiger partial charge in [-0.05, 0) is 56.8 Å². The van der Waals surface area contributed by atoms with Crippen LogP contribution >= 0.6 is 0 Å². The van der Waals surface area contributed by atoms with Crippen molar-refractivity contribution in [3.8, 4) is 0 Å². The average Bonchev–Trinajstić information content (AvgIpc) is 3.17. The molecule has 0 aromatic rings. The maximum Gasteiger partial charge on any atom is 1.00 e. The Balaban J connectivity index is 0.00000648. The van der Waals surface area contributed by atoms with Crippen molar-refractivity contribution in [3.05, 3.63) is 0 Å². The molecule has 2 rings (SSSR count). The second-order valence-electron chi connectivity index (χ2n) is 10.2. The van der Waals surface area contributed by atoms with Gasteiger partial charge in [0.15, 0.2) is 5.44 Å². The van der Waals surface area contributed by atoms with Crippen LogP contribution in [0.15, 0.2) is 0 Å². The monoisotopic (exact) mass is 541 g/mol. The van der Waals surface area contributed by atoms with Crippen molar-refractivity contribution < 1.29 is 66.8 Å². The van der Waals surface area contributed by atoms with E-state index in [4.69, 9.17) is 4.74 Å². The smallest absolute Gasteiger partial charge is 0.746 e. The van der Waals surface area contributed by atoms with Gasteiger partial charge in [-0.25, -0.2) is 13.2 Å². The zero-order valence-electron chi connectivity index (χ0n) is 21.8. The van der Waals surface area contributed by atoms with E-state index in [-0.39, 0.29) is 60.3 Å². The number of aliphatic hydroxyl groups excluding tert-OH is 1. The second kappa shape index (κ2) is 15.5. The zero-order chi connectivity index (χ0) is 26.2. The van der Waals surface area contributed by atoms with Gasteiger partial charge >= 0.3 is 35.7 Å². The van der Waals surface area contributed by atoms with E-state index in [1.54, 1.807) is 0 Å². The van der Waals surface area contributed by atoms with Crippen molar-refractivity contribution in [1.82, 2.24) is 16.0 Å². The van der Waals surface area contributed by atoms with Crippen molar-refractivity contribution in [2.24, 2.45) is 17.8 Å².